The van der Waals surface area contributed by atoms with Crippen LogP contribution in [-0.2, 0) is 4.74 Å². The molecule has 1 atom stereocenters. The topological polar surface area (TPSA) is 9.23 Å². The van der Waals surface area contributed by atoms with E-state index < -0.39 is 0 Å². The van der Waals surface area contributed by atoms with Crippen molar-refractivity contribution in [2.45, 2.75) is 58.0 Å². The minimum absolute atomic E-state index is 0.271. The molecule has 0 aromatic rings. The first-order valence-corrected chi connectivity index (χ1v) is 4.97. The third-order valence-corrected chi connectivity index (χ3v) is 2.78. The lowest BCUT2D eigenvalue weighted by molar-refractivity contribution is -0.0860. The van der Waals surface area contributed by atoms with E-state index in [4.69, 9.17) is 4.74 Å². The van der Waals surface area contributed by atoms with Crippen LogP contribution < -0.4 is 0 Å². The number of hydrogen-bond acceptors (Lipinski definition) is 1. The number of rotatable bonds is 3. The van der Waals surface area contributed by atoms with Crippen molar-refractivity contribution in [1.29, 1.82) is 0 Å². The molecule has 0 aliphatic carbocycles. The van der Waals surface area contributed by atoms with E-state index in [0.29, 0.717) is 0 Å². The maximum Gasteiger partial charge on any atom is 0.0679 e. The molecular formula is C10H20O. The molecular weight excluding hydrogens is 136 g/mol. The van der Waals surface area contributed by atoms with Gasteiger partial charge in [-0.3, -0.25) is 0 Å². The van der Waals surface area contributed by atoms with Crippen molar-refractivity contribution < 1.29 is 4.74 Å². The summed E-state index contributed by atoms with van der Waals surface area (Å²) < 4.78 is 5.86. The van der Waals surface area contributed by atoms with Gasteiger partial charge in [0.25, 0.3) is 0 Å². The summed E-state index contributed by atoms with van der Waals surface area (Å²) in [5, 5.41) is 0. The van der Waals surface area contributed by atoms with Crippen molar-refractivity contribution in [2.24, 2.45) is 0 Å². The summed E-state index contributed by atoms with van der Waals surface area (Å²) in [7, 11) is 0. The molecule has 0 aromatic heterocycles. The van der Waals surface area contributed by atoms with Gasteiger partial charge in [-0.25, -0.2) is 0 Å². The average molecular weight is 156 g/mol. The van der Waals surface area contributed by atoms with Gasteiger partial charge in [0.15, 0.2) is 0 Å². The normalized spacial score (nSPS) is 32.2. The molecule has 0 spiro atoms. The fourth-order valence-corrected chi connectivity index (χ4v) is 2.02. The summed E-state index contributed by atoms with van der Waals surface area (Å²) in [5.74, 6) is 0. The Morgan fingerprint density at radius 1 is 1.27 bits per heavy atom. The van der Waals surface area contributed by atoms with E-state index in [1.54, 1.807) is 0 Å². The van der Waals surface area contributed by atoms with Crippen LogP contribution in [0, 0.1) is 0 Å². The highest BCUT2D eigenvalue weighted by atomic mass is 16.5. The highest BCUT2D eigenvalue weighted by Crippen LogP contribution is 2.32. The van der Waals surface area contributed by atoms with E-state index in [-0.39, 0.29) is 5.60 Å². The van der Waals surface area contributed by atoms with Crippen LogP contribution in [0.15, 0.2) is 0 Å². The van der Waals surface area contributed by atoms with Crippen LogP contribution in [0.2, 0.25) is 0 Å². The molecule has 1 heteroatoms. The molecule has 0 aromatic carbocycles. The highest BCUT2D eigenvalue weighted by Gasteiger charge is 2.29. The second-order valence-electron chi connectivity index (χ2n) is 3.59. The first kappa shape index (κ1) is 9.05. The molecule has 1 fully saturated rings. The third-order valence-electron chi connectivity index (χ3n) is 2.78. The molecule has 0 saturated carbocycles. The second kappa shape index (κ2) is 4.10. The minimum atomic E-state index is 0.271. The van der Waals surface area contributed by atoms with Crippen LogP contribution in [0.25, 0.3) is 0 Å². The van der Waals surface area contributed by atoms with Crippen LogP contribution in [0.1, 0.15) is 52.4 Å². The van der Waals surface area contributed by atoms with E-state index in [1.165, 1.54) is 38.5 Å². The van der Waals surface area contributed by atoms with Crippen molar-refractivity contribution >= 4 is 0 Å². The molecule has 0 radical (unpaired) electrons. The van der Waals surface area contributed by atoms with E-state index >= 15 is 0 Å². The summed E-state index contributed by atoms with van der Waals surface area (Å²) in [6, 6.07) is 0. The van der Waals surface area contributed by atoms with Crippen LogP contribution >= 0.6 is 0 Å². The van der Waals surface area contributed by atoms with Crippen LogP contribution in [0.5, 0.6) is 0 Å². The molecule has 66 valence electrons. The Morgan fingerprint density at radius 3 is 2.55 bits per heavy atom. The molecule has 1 aliphatic heterocycles. The van der Waals surface area contributed by atoms with Crippen molar-refractivity contribution in [1.82, 2.24) is 0 Å². The summed E-state index contributed by atoms with van der Waals surface area (Å²) in [4.78, 5) is 0. The molecule has 0 amide bonds. The van der Waals surface area contributed by atoms with E-state index in [1.807, 2.05) is 0 Å². The Balaban J connectivity index is 2.42. The standard InChI is InChI=1S/C10H20O/c1-3-7-10(4-2)8-5-6-9-11-10/h3-9H2,1-2H3. The van der Waals surface area contributed by atoms with Gasteiger partial charge in [0.05, 0.1) is 5.60 Å². The zero-order valence-corrected chi connectivity index (χ0v) is 7.86. The van der Waals surface area contributed by atoms with Gasteiger partial charge in [-0.1, -0.05) is 20.3 Å². The molecule has 11 heavy (non-hydrogen) atoms. The summed E-state index contributed by atoms with van der Waals surface area (Å²) in [6.45, 7) is 5.49. The average Bonchev–Trinajstić information content (AvgIpc) is 2.07. The Labute approximate surface area is 70.1 Å². The van der Waals surface area contributed by atoms with Crippen LogP contribution in [0.4, 0.5) is 0 Å². The maximum absolute atomic E-state index is 5.86. The Morgan fingerprint density at radius 2 is 2.09 bits per heavy atom. The minimum Gasteiger partial charge on any atom is -0.375 e. The van der Waals surface area contributed by atoms with Crippen molar-refractivity contribution in [3.63, 3.8) is 0 Å². The van der Waals surface area contributed by atoms with Gasteiger partial charge in [0, 0.05) is 6.61 Å². The molecule has 1 rings (SSSR count). The number of ether oxygens (including phenoxy) is 1. The molecule has 1 saturated heterocycles. The lowest BCUT2D eigenvalue weighted by Crippen LogP contribution is -2.35. The molecule has 0 bridgehead atoms. The van der Waals surface area contributed by atoms with Gasteiger partial charge in [-0.05, 0) is 32.1 Å². The third kappa shape index (κ3) is 2.19. The predicted octanol–water partition coefficient (Wildman–Crippen LogP) is 3.14. The van der Waals surface area contributed by atoms with E-state index in [9.17, 15) is 0 Å². The van der Waals surface area contributed by atoms with Gasteiger partial charge in [0.2, 0.25) is 0 Å². The Kier molecular flexibility index (Phi) is 3.38. The van der Waals surface area contributed by atoms with Crippen molar-refractivity contribution in [3.8, 4) is 0 Å². The maximum atomic E-state index is 5.86. The SMILES string of the molecule is CCCC1(CC)CCCCO1. The lowest BCUT2D eigenvalue weighted by Gasteiger charge is -2.36. The first-order chi connectivity index (χ1) is 5.33. The fraction of sp³-hybridized carbons (Fsp3) is 1.00. The Bertz CT molecular complexity index is 97.9. The lowest BCUT2D eigenvalue weighted by atomic mass is 9.87. The highest BCUT2D eigenvalue weighted by molar-refractivity contribution is 4.81. The zero-order valence-electron chi connectivity index (χ0n) is 7.86. The van der Waals surface area contributed by atoms with Crippen molar-refractivity contribution in [3.05, 3.63) is 0 Å². The molecule has 0 N–H and O–H groups in total. The Hall–Kier alpha value is -0.0400. The largest absolute Gasteiger partial charge is 0.375 e. The summed E-state index contributed by atoms with van der Waals surface area (Å²) >= 11 is 0. The van der Waals surface area contributed by atoms with Gasteiger partial charge in [0.1, 0.15) is 0 Å². The second-order valence-corrected chi connectivity index (χ2v) is 3.59. The van der Waals surface area contributed by atoms with Crippen molar-refractivity contribution in [2.75, 3.05) is 6.61 Å². The fourth-order valence-electron chi connectivity index (χ4n) is 2.02. The summed E-state index contributed by atoms with van der Waals surface area (Å²) in [6.07, 6.45) is 7.63. The van der Waals surface area contributed by atoms with Gasteiger partial charge >= 0.3 is 0 Å². The predicted molar refractivity (Wildman–Crippen MR) is 47.7 cm³/mol. The molecule has 1 aliphatic rings. The molecule has 1 unspecified atom stereocenters. The zero-order chi connectivity index (χ0) is 8.16. The van der Waals surface area contributed by atoms with Gasteiger partial charge in [-0.2, -0.15) is 0 Å². The quantitative estimate of drug-likeness (QED) is 0.610. The van der Waals surface area contributed by atoms with Gasteiger partial charge in [-0.15, -0.1) is 0 Å². The smallest absolute Gasteiger partial charge is 0.0679 e. The monoisotopic (exact) mass is 156 g/mol. The van der Waals surface area contributed by atoms with E-state index in [2.05, 4.69) is 13.8 Å². The van der Waals surface area contributed by atoms with E-state index in [0.717, 1.165) is 6.61 Å². The molecule has 1 nitrogen and oxygen atoms in total. The summed E-state index contributed by atoms with van der Waals surface area (Å²) in [5.41, 5.74) is 0.271. The van der Waals surface area contributed by atoms with Crippen LogP contribution in [-0.4, -0.2) is 12.2 Å². The van der Waals surface area contributed by atoms with Gasteiger partial charge < -0.3 is 4.74 Å². The van der Waals surface area contributed by atoms with Crippen LogP contribution in [0.3, 0.4) is 0 Å². The first-order valence-electron chi connectivity index (χ1n) is 4.97. The number of hydrogen-bond donors (Lipinski definition) is 0. The molecule has 1 heterocycles.